The van der Waals surface area contributed by atoms with Crippen LogP contribution in [0.4, 0.5) is 18.9 Å². The first-order chi connectivity index (χ1) is 11.7. The minimum atomic E-state index is -4.71. The maximum Gasteiger partial charge on any atom is 0.416 e. The third kappa shape index (κ3) is 4.37. The minimum Gasteiger partial charge on any atom is -0.375 e. The van der Waals surface area contributed by atoms with Gasteiger partial charge in [-0.15, -0.1) is 0 Å². The predicted molar refractivity (Wildman–Crippen MR) is 86.2 cm³/mol. The van der Waals surface area contributed by atoms with Crippen molar-refractivity contribution in [3.63, 3.8) is 0 Å². The molecular weight excluding hydrogens is 337 g/mol. The van der Waals surface area contributed by atoms with Crippen molar-refractivity contribution >= 4 is 11.5 Å². The Labute approximate surface area is 143 Å². The van der Waals surface area contributed by atoms with Crippen LogP contribution >= 0.6 is 0 Å². The van der Waals surface area contributed by atoms with Gasteiger partial charge in [0.2, 0.25) is 0 Å². The van der Waals surface area contributed by atoms with E-state index in [4.69, 9.17) is 0 Å². The molecular formula is C17H19F3N2O3. The third-order valence-corrected chi connectivity index (χ3v) is 4.19. The Morgan fingerprint density at radius 1 is 1.32 bits per heavy atom. The maximum absolute atomic E-state index is 12.8. The number of alkyl halides is 3. The number of nitrogens with zero attached hydrogens (tertiary/aromatic N) is 2. The highest BCUT2D eigenvalue weighted by molar-refractivity contribution is 6.07. The van der Waals surface area contributed by atoms with Crippen molar-refractivity contribution in [3.05, 3.63) is 51.2 Å². The summed E-state index contributed by atoms with van der Waals surface area (Å²) in [7, 11) is 0. The van der Waals surface area contributed by atoms with Crippen LogP contribution in [0.2, 0.25) is 0 Å². The number of nitro benzene ring substituents is 1. The van der Waals surface area contributed by atoms with E-state index < -0.39 is 28.1 Å². The van der Waals surface area contributed by atoms with Crippen molar-refractivity contribution in [2.75, 3.05) is 13.1 Å². The summed E-state index contributed by atoms with van der Waals surface area (Å²) in [6.07, 6.45) is -1.50. The number of benzene rings is 1. The molecule has 5 nitrogen and oxygen atoms in total. The van der Waals surface area contributed by atoms with Gasteiger partial charge in [-0.2, -0.15) is 13.2 Å². The Morgan fingerprint density at radius 2 is 1.92 bits per heavy atom. The monoisotopic (exact) mass is 356 g/mol. The molecule has 1 aromatic carbocycles. The summed E-state index contributed by atoms with van der Waals surface area (Å²) in [4.78, 5) is 24.7. The van der Waals surface area contributed by atoms with E-state index in [9.17, 15) is 28.1 Å². The fraction of sp³-hybridized carbons (Fsp3) is 0.471. The first-order valence-corrected chi connectivity index (χ1v) is 8.05. The number of carbonyl (C=O) groups excluding carboxylic acids is 1. The van der Waals surface area contributed by atoms with E-state index in [1.165, 1.54) is 6.08 Å². The van der Waals surface area contributed by atoms with Gasteiger partial charge in [-0.05, 0) is 44.7 Å². The van der Waals surface area contributed by atoms with Crippen LogP contribution in [0, 0.1) is 16.0 Å². The Hall–Kier alpha value is -2.38. The van der Waals surface area contributed by atoms with E-state index in [2.05, 4.69) is 0 Å². The van der Waals surface area contributed by atoms with Crippen molar-refractivity contribution in [3.8, 4) is 0 Å². The van der Waals surface area contributed by atoms with Crippen LogP contribution in [0.1, 0.15) is 42.6 Å². The minimum absolute atomic E-state index is 0.234. The molecule has 1 aliphatic carbocycles. The molecule has 2 rings (SSSR count). The van der Waals surface area contributed by atoms with Crippen LogP contribution in [0.15, 0.2) is 30.0 Å². The lowest BCUT2D eigenvalue weighted by Gasteiger charge is -2.24. The van der Waals surface area contributed by atoms with Gasteiger partial charge in [-0.1, -0.05) is 0 Å². The second-order valence-electron chi connectivity index (χ2n) is 5.87. The number of carbonyl (C=O) groups is 1. The number of rotatable bonds is 7. The van der Waals surface area contributed by atoms with Gasteiger partial charge in [0.25, 0.3) is 5.69 Å². The summed E-state index contributed by atoms with van der Waals surface area (Å²) >= 11 is 0. The van der Waals surface area contributed by atoms with Crippen molar-refractivity contribution in [2.45, 2.75) is 32.9 Å². The lowest BCUT2D eigenvalue weighted by molar-refractivity contribution is -0.385. The number of hydrogen-bond acceptors (Lipinski definition) is 4. The molecule has 1 fully saturated rings. The van der Waals surface area contributed by atoms with E-state index in [1.807, 2.05) is 18.7 Å². The Balaban J connectivity index is 2.44. The van der Waals surface area contributed by atoms with Gasteiger partial charge in [0.15, 0.2) is 5.78 Å². The van der Waals surface area contributed by atoms with Crippen molar-refractivity contribution in [1.29, 1.82) is 0 Å². The van der Waals surface area contributed by atoms with Crippen LogP contribution in [0.5, 0.6) is 0 Å². The van der Waals surface area contributed by atoms with E-state index in [1.54, 1.807) is 0 Å². The highest BCUT2D eigenvalue weighted by Crippen LogP contribution is 2.39. The van der Waals surface area contributed by atoms with Gasteiger partial charge in [-0.3, -0.25) is 14.9 Å². The van der Waals surface area contributed by atoms with E-state index >= 15 is 0 Å². The van der Waals surface area contributed by atoms with E-state index in [-0.39, 0.29) is 11.5 Å². The first-order valence-electron chi connectivity index (χ1n) is 8.05. The first kappa shape index (κ1) is 19.0. The molecule has 8 heteroatoms. The van der Waals surface area contributed by atoms with Crippen molar-refractivity contribution < 1.29 is 22.9 Å². The Morgan fingerprint density at radius 3 is 2.36 bits per heavy atom. The van der Waals surface area contributed by atoms with Gasteiger partial charge < -0.3 is 4.90 Å². The van der Waals surface area contributed by atoms with Gasteiger partial charge in [0.05, 0.1) is 16.1 Å². The Bertz CT molecular complexity index is 706. The molecule has 0 N–H and O–H groups in total. The fourth-order valence-corrected chi connectivity index (χ4v) is 2.71. The molecule has 0 radical (unpaired) electrons. The average Bonchev–Trinajstić information content (AvgIpc) is 3.38. The molecule has 0 heterocycles. The summed E-state index contributed by atoms with van der Waals surface area (Å²) in [5.74, 6) is -0.411. The largest absolute Gasteiger partial charge is 0.416 e. The Kier molecular flexibility index (Phi) is 5.49. The molecule has 0 amide bonds. The number of ketones is 1. The van der Waals surface area contributed by atoms with Crippen LogP contribution < -0.4 is 0 Å². The molecule has 1 aromatic rings. The third-order valence-electron chi connectivity index (χ3n) is 4.19. The summed E-state index contributed by atoms with van der Waals surface area (Å²) in [6, 6.07) is 1.99. The molecule has 0 spiro atoms. The van der Waals surface area contributed by atoms with Crippen molar-refractivity contribution in [1.82, 2.24) is 4.90 Å². The molecule has 0 saturated heterocycles. The number of hydrogen-bond donors (Lipinski definition) is 0. The summed E-state index contributed by atoms with van der Waals surface area (Å²) < 4.78 is 38.3. The quantitative estimate of drug-likeness (QED) is 0.314. The predicted octanol–water partition coefficient (Wildman–Crippen LogP) is 4.43. The second-order valence-corrected chi connectivity index (χ2v) is 5.87. The summed E-state index contributed by atoms with van der Waals surface area (Å²) in [5.41, 5.74) is -1.51. The number of nitro groups is 1. The molecule has 1 aliphatic rings. The fourth-order valence-electron chi connectivity index (χ4n) is 2.71. The average molecular weight is 356 g/mol. The molecule has 0 aromatic heterocycles. The molecule has 136 valence electrons. The number of halogens is 3. The smallest absolute Gasteiger partial charge is 0.375 e. The second kappa shape index (κ2) is 7.25. The number of allylic oxidation sites excluding steroid dienone is 2. The van der Waals surface area contributed by atoms with Crippen molar-refractivity contribution in [2.24, 2.45) is 5.92 Å². The zero-order valence-corrected chi connectivity index (χ0v) is 14.0. The van der Waals surface area contributed by atoms with Gasteiger partial charge in [0, 0.05) is 30.9 Å². The SMILES string of the molecule is CCN(CC)C(=CC(=O)c1ccc(C(F)(F)F)cc1[N+](=O)[O-])C1CC1. The van der Waals surface area contributed by atoms with E-state index in [0.717, 1.165) is 24.6 Å². The van der Waals surface area contributed by atoms with Gasteiger partial charge in [-0.25, -0.2) is 0 Å². The molecule has 0 aliphatic heterocycles. The molecule has 0 unspecified atom stereocenters. The van der Waals surface area contributed by atoms with Crippen LogP contribution in [-0.4, -0.2) is 28.7 Å². The highest BCUT2D eigenvalue weighted by Gasteiger charge is 2.34. The topological polar surface area (TPSA) is 63.5 Å². The van der Waals surface area contributed by atoms with Gasteiger partial charge >= 0.3 is 6.18 Å². The lowest BCUT2D eigenvalue weighted by atomic mass is 10.0. The zero-order chi connectivity index (χ0) is 18.8. The summed E-state index contributed by atoms with van der Waals surface area (Å²) in [6.45, 7) is 5.23. The van der Waals surface area contributed by atoms with Gasteiger partial charge in [0.1, 0.15) is 0 Å². The van der Waals surface area contributed by atoms with Crippen LogP contribution in [-0.2, 0) is 6.18 Å². The van der Waals surface area contributed by atoms with E-state index in [0.29, 0.717) is 25.2 Å². The molecule has 25 heavy (non-hydrogen) atoms. The maximum atomic E-state index is 12.8. The standard InChI is InChI=1S/C17H19F3N2O3/c1-3-21(4-2)14(11-5-6-11)10-16(23)13-8-7-12(17(18,19)20)9-15(13)22(24)25/h7-11H,3-6H2,1-2H3. The molecule has 1 saturated carbocycles. The molecule has 0 atom stereocenters. The molecule has 0 bridgehead atoms. The van der Waals surface area contributed by atoms with Crippen LogP contribution in [0.3, 0.4) is 0 Å². The summed E-state index contributed by atoms with van der Waals surface area (Å²) in [5, 5.41) is 11.1. The van der Waals surface area contributed by atoms with Crippen LogP contribution in [0.25, 0.3) is 0 Å². The lowest BCUT2D eigenvalue weighted by Crippen LogP contribution is -2.24. The highest BCUT2D eigenvalue weighted by atomic mass is 19.4. The normalized spacial score (nSPS) is 15.2. The zero-order valence-electron chi connectivity index (χ0n) is 14.0.